The Balaban J connectivity index is 3.56. The predicted molar refractivity (Wildman–Crippen MR) is 102 cm³/mol. The molecule has 26 heavy (non-hydrogen) atoms. The Morgan fingerprint density at radius 3 is 1.81 bits per heavy atom. The molecule has 5 nitrogen and oxygen atoms in total. The summed E-state index contributed by atoms with van der Waals surface area (Å²) in [5.41, 5.74) is 1.33. The van der Waals surface area contributed by atoms with E-state index >= 15 is 0 Å². The minimum atomic E-state index is -0.552. The van der Waals surface area contributed by atoms with E-state index in [0.29, 0.717) is 11.8 Å². The zero-order valence-electron chi connectivity index (χ0n) is 17.4. The number of nitrogens with zero attached hydrogens (tertiary/aromatic N) is 1. The van der Waals surface area contributed by atoms with Gasteiger partial charge in [-0.15, -0.1) is 0 Å². The monoisotopic (exact) mass is 363 g/mol. The molecule has 0 radical (unpaired) electrons. The van der Waals surface area contributed by atoms with E-state index in [2.05, 4.69) is 46.5 Å². The van der Waals surface area contributed by atoms with E-state index in [1.807, 2.05) is 0 Å². The van der Waals surface area contributed by atoms with Crippen molar-refractivity contribution in [1.29, 1.82) is 0 Å². The number of aromatic nitrogens is 1. The highest BCUT2D eigenvalue weighted by Gasteiger charge is 2.30. The third kappa shape index (κ3) is 5.82. The molecule has 0 amide bonds. The maximum atomic E-state index is 12.1. The molecule has 0 aliphatic heterocycles. The van der Waals surface area contributed by atoms with Crippen molar-refractivity contribution < 1.29 is 19.1 Å². The minimum Gasteiger partial charge on any atom is -0.464 e. The number of pyridine rings is 1. The van der Waals surface area contributed by atoms with Crippen LogP contribution in [0.15, 0.2) is 12.1 Å². The van der Waals surface area contributed by atoms with Gasteiger partial charge in [0.2, 0.25) is 0 Å². The lowest BCUT2D eigenvalue weighted by Crippen LogP contribution is -2.24. The lowest BCUT2D eigenvalue weighted by atomic mass is 9.70. The number of rotatable bonds is 7. The van der Waals surface area contributed by atoms with E-state index in [9.17, 15) is 9.59 Å². The van der Waals surface area contributed by atoms with Crippen LogP contribution in [0.2, 0.25) is 0 Å². The number of carbonyl (C=O) groups excluding carboxylic acids is 2. The van der Waals surface area contributed by atoms with Crippen LogP contribution in [0.4, 0.5) is 0 Å². The van der Waals surface area contributed by atoms with Crippen molar-refractivity contribution in [3.63, 3.8) is 0 Å². The Morgan fingerprint density at radius 2 is 1.50 bits per heavy atom. The molecular weight excluding hydrogens is 330 g/mol. The molecule has 0 aliphatic carbocycles. The summed E-state index contributed by atoms with van der Waals surface area (Å²) in [5.74, 6) is -0.000635. The van der Waals surface area contributed by atoms with E-state index in [-0.39, 0.29) is 22.7 Å². The van der Waals surface area contributed by atoms with Crippen molar-refractivity contribution in [2.75, 3.05) is 14.2 Å². The maximum absolute atomic E-state index is 12.1. The highest BCUT2D eigenvalue weighted by molar-refractivity contribution is 5.91. The van der Waals surface area contributed by atoms with Gasteiger partial charge in [-0.3, -0.25) is 0 Å². The second-order valence-corrected chi connectivity index (χ2v) is 8.34. The van der Waals surface area contributed by atoms with Gasteiger partial charge in [0.15, 0.2) is 0 Å². The Bertz CT molecular complexity index is 597. The largest absolute Gasteiger partial charge is 0.464 e. The molecular formula is C21H33NO4. The first kappa shape index (κ1) is 22.1. The molecule has 0 aliphatic rings. The van der Waals surface area contributed by atoms with Gasteiger partial charge in [-0.2, -0.15) is 0 Å². The molecule has 0 saturated heterocycles. The Hall–Kier alpha value is -1.91. The van der Waals surface area contributed by atoms with Gasteiger partial charge in [0, 0.05) is 0 Å². The van der Waals surface area contributed by atoms with Crippen LogP contribution in [-0.4, -0.2) is 31.1 Å². The van der Waals surface area contributed by atoms with E-state index in [1.165, 1.54) is 14.2 Å². The number of ether oxygens (including phenoxy) is 2. The van der Waals surface area contributed by atoms with Crippen molar-refractivity contribution >= 4 is 11.9 Å². The minimum absolute atomic E-state index is 0.104. The highest BCUT2D eigenvalue weighted by atomic mass is 16.5. The van der Waals surface area contributed by atoms with Gasteiger partial charge >= 0.3 is 11.9 Å². The average Bonchev–Trinajstić information content (AvgIpc) is 2.58. The second-order valence-electron chi connectivity index (χ2n) is 8.34. The van der Waals surface area contributed by atoms with Crippen molar-refractivity contribution in [3.05, 3.63) is 29.1 Å². The van der Waals surface area contributed by atoms with Gasteiger partial charge in [0.25, 0.3) is 0 Å². The summed E-state index contributed by atoms with van der Waals surface area (Å²) >= 11 is 0. The first-order chi connectivity index (χ1) is 12.0. The number of hydrogen-bond acceptors (Lipinski definition) is 5. The summed E-state index contributed by atoms with van der Waals surface area (Å²) in [6.45, 7) is 13.2. The smallest absolute Gasteiger partial charge is 0.356 e. The average molecular weight is 363 g/mol. The number of methoxy groups -OCH3 is 2. The molecule has 0 fully saturated rings. The molecule has 0 spiro atoms. The quantitative estimate of drug-likeness (QED) is 0.647. The SMILES string of the molecule is CCC(C(C)C)C(CC(C)(C)C)c1cc(C(=O)OC)nc(C(=O)OC)c1. The molecule has 2 atom stereocenters. The third-order valence-electron chi connectivity index (χ3n) is 4.74. The van der Waals surface area contributed by atoms with Crippen LogP contribution in [0.1, 0.15) is 86.8 Å². The molecule has 0 aromatic carbocycles. The van der Waals surface area contributed by atoms with Gasteiger partial charge in [0.1, 0.15) is 11.4 Å². The van der Waals surface area contributed by atoms with Crippen LogP contribution >= 0.6 is 0 Å². The van der Waals surface area contributed by atoms with Crippen molar-refractivity contribution in [1.82, 2.24) is 4.98 Å². The van der Waals surface area contributed by atoms with Gasteiger partial charge in [-0.1, -0.05) is 48.0 Å². The fourth-order valence-electron chi connectivity index (χ4n) is 3.58. The highest BCUT2D eigenvalue weighted by Crippen LogP contribution is 2.41. The van der Waals surface area contributed by atoms with Crippen molar-refractivity contribution in [2.24, 2.45) is 17.3 Å². The van der Waals surface area contributed by atoms with Crippen LogP contribution in [0, 0.1) is 17.3 Å². The van der Waals surface area contributed by atoms with E-state index in [0.717, 1.165) is 18.4 Å². The standard InChI is InChI=1S/C21H33NO4/c1-9-15(13(2)3)16(12-21(4,5)6)14-10-17(19(23)25-7)22-18(11-14)20(24)26-8/h10-11,13,15-16H,9,12H2,1-8H3. The summed E-state index contributed by atoms with van der Waals surface area (Å²) < 4.78 is 9.64. The number of hydrogen-bond donors (Lipinski definition) is 0. The van der Waals surface area contributed by atoms with Crippen LogP contribution in [0.3, 0.4) is 0 Å². The molecule has 1 aromatic heterocycles. The first-order valence-corrected chi connectivity index (χ1v) is 9.22. The maximum Gasteiger partial charge on any atom is 0.356 e. The summed E-state index contributed by atoms with van der Waals surface area (Å²) in [4.78, 5) is 28.3. The molecule has 146 valence electrons. The van der Waals surface area contributed by atoms with E-state index in [1.54, 1.807) is 12.1 Å². The fraction of sp³-hybridized carbons (Fsp3) is 0.667. The molecule has 1 heterocycles. The van der Waals surface area contributed by atoms with Crippen LogP contribution in [-0.2, 0) is 9.47 Å². The predicted octanol–water partition coefficient (Wildman–Crippen LogP) is 4.86. The van der Waals surface area contributed by atoms with Gasteiger partial charge in [-0.25, -0.2) is 14.6 Å². The lowest BCUT2D eigenvalue weighted by molar-refractivity contribution is 0.0585. The van der Waals surface area contributed by atoms with Crippen LogP contribution in [0.25, 0.3) is 0 Å². The molecule has 1 aromatic rings. The van der Waals surface area contributed by atoms with Crippen molar-refractivity contribution in [2.45, 2.75) is 60.3 Å². The molecule has 0 saturated carbocycles. The summed E-state index contributed by atoms with van der Waals surface area (Å²) in [5, 5.41) is 0. The molecule has 0 N–H and O–H groups in total. The van der Waals surface area contributed by atoms with Gasteiger partial charge in [0.05, 0.1) is 14.2 Å². The van der Waals surface area contributed by atoms with E-state index in [4.69, 9.17) is 9.47 Å². The molecule has 0 bridgehead atoms. The summed E-state index contributed by atoms with van der Waals surface area (Å²) in [7, 11) is 2.62. The first-order valence-electron chi connectivity index (χ1n) is 9.22. The Kier molecular flexibility index (Phi) is 7.79. The van der Waals surface area contributed by atoms with Gasteiger partial charge in [-0.05, 0) is 47.3 Å². The number of carbonyl (C=O) groups is 2. The topological polar surface area (TPSA) is 65.5 Å². The summed E-state index contributed by atoms with van der Waals surface area (Å²) in [6.07, 6.45) is 1.96. The zero-order valence-corrected chi connectivity index (χ0v) is 17.4. The molecule has 1 rings (SSSR count). The van der Waals surface area contributed by atoms with Gasteiger partial charge < -0.3 is 9.47 Å². The third-order valence-corrected chi connectivity index (χ3v) is 4.74. The normalized spacial score (nSPS) is 14.0. The molecule has 5 heteroatoms. The van der Waals surface area contributed by atoms with Crippen LogP contribution in [0.5, 0.6) is 0 Å². The van der Waals surface area contributed by atoms with Crippen molar-refractivity contribution in [3.8, 4) is 0 Å². The Morgan fingerprint density at radius 1 is 1.04 bits per heavy atom. The van der Waals surface area contributed by atoms with E-state index < -0.39 is 11.9 Å². The molecule has 2 unspecified atom stereocenters. The fourth-order valence-corrected chi connectivity index (χ4v) is 3.58. The number of esters is 2. The second kappa shape index (κ2) is 9.15. The van der Waals surface area contributed by atoms with Crippen LogP contribution < -0.4 is 0 Å². The summed E-state index contributed by atoms with van der Waals surface area (Å²) in [6, 6.07) is 3.53. The zero-order chi connectivity index (χ0) is 20.1. The lowest BCUT2D eigenvalue weighted by Gasteiger charge is -2.35. The Labute approximate surface area is 157 Å².